The lowest BCUT2D eigenvalue weighted by molar-refractivity contribution is -0.120. The van der Waals surface area contributed by atoms with Gasteiger partial charge < -0.3 is 11.1 Å². The fourth-order valence-corrected chi connectivity index (χ4v) is 2.21. The average Bonchev–Trinajstić information content (AvgIpc) is 2.59. The number of hydrogen-bond donors (Lipinski definition) is 2. The molecule has 0 aliphatic carbocycles. The standard InChI is InChI=1S/C17H20N4O3/c1-2-3-11-21-14(22)10-9-13(20-21)17(24)19-15(16(18)23)12-7-5-4-6-8-12/h4-10,15H,2-3,11H2,1H3,(H2,18,23)(H,19,24)/t15-/m0/s1. The van der Waals surface area contributed by atoms with E-state index in [4.69, 9.17) is 5.73 Å². The van der Waals surface area contributed by atoms with Crippen LogP contribution in [0.5, 0.6) is 0 Å². The molecule has 3 N–H and O–H groups in total. The summed E-state index contributed by atoms with van der Waals surface area (Å²) in [5.41, 5.74) is 5.76. The fourth-order valence-electron chi connectivity index (χ4n) is 2.21. The van der Waals surface area contributed by atoms with E-state index in [0.717, 1.165) is 12.8 Å². The Morgan fingerprint density at radius 1 is 1.21 bits per heavy atom. The Kier molecular flexibility index (Phi) is 5.83. The predicted molar refractivity (Wildman–Crippen MR) is 89.2 cm³/mol. The fraction of sp³-hybridized carbons (Fsp3) is 0.294. The molecule has 1 atom stereocenters. The van der Waals surface area contributed by atoms with E-state index in [1.54, 1.807) is 30.3 Å². The molecule has 2 aromatic rings. The lowest BCUT2D eigenvalue weighted by Gasteiger charge is -2.15. The van der Waals surface area contributed by atoms with Crippen LogP contribution in [0.1, 0.15) is 41.9 Å². The van der Waals surface area contributed by atoms with Crippen LogP contribution < -0.4 is 16.6 Å². The van der Waals surface area contributed by atoms with Gasteiger partial charge in [0.25, 0.3) is 11.5 Å². The van der Waals surface area contributed by atoms with Crippen molar-refractivity contribution in [3.05, 3.63) is 64.1 Å². The van der Waals surface area contributed by atoms with Crippen LogP contribution in [-0.2, 0) is 11.3 Å². The van der Waals surface area contributed by atoms with E-state index in [1.165, 1.54) is 16.8 Å². The Bertz CT molecular complexity index is 771. The minimum atomic E-state index is -0.962. The zero-order chi connectivity index (χ0) is 17.5. The normalized spacial score (nSPS) is 11.7. The molecule has 0 spiro atoms. The van der Waals surface area contributed by atoms with Crippen LogP contribution in [0.3, 0.4) is 0 Å². The number of nitrogens with zero attached hydrogens (tertiary/aromatic N) is 2. The van der Waals surface area contributed by atoms with E-state index < -0.39 is 17.9 Å². The highest BCUT2D eigenvalue weighted by Crippen LogP contribution is 2.12. The molecule has 7 heteroatoms. The van der Waals surface area contributed by atoms with Crippen molar-refractivity contribution in [2.75, 3.05) is 0 Å². The molecule has 0 fully saturated rings. The van der Waals surface area contributed by atoms with Crippen molar-refractivity contribution in [1.29, 1.82) is 0 Å². The van der Waals surface area contributed by atoms with Crippen molar-refractivity contribution in [2.45, 2.75) is 32.4 Å². The number of carbonyl (C=O) groups is 2. The van der Waals surface area contributed by atoms with Crippen molar-refractivity contribution in [3.63, 3.8) is 0 Å². The van der Waals surface area contributed by atoms with E-state index in [-0.39, 0.29) is 11.3 Å². The molecular formula is C17H20N4O3. The Hall–Kier alpha value is -2.96. The van der Waals surface area contributed by atoms with Gasteiger partial charge >= 0.3 is 0 Å². The molecule has 1 heterocycles. The molecule has 126 valence electrons. The molecule has 0 unspecified atom stereocenters. The van der Waals surface area contributed by atoms with Crippen molar-refractivity contribution in [2.24, 2.45) is 5.73 Å². The third kappa shape index (κ3) is 4.28. The first kappa shape index (κ1) is 17.4. The zero-order valence-corrected chi connectivity index (χ0v) is 13.4. The molecule has 7 nitrogen and oxygen atoms in total. The summed E-state index contributed by atoms with van der Waals surface area (Å²) in [5.74, 6) is -1.23. The molecule has 0 saturated carbocycles. The second kappa shape index (κ2) is 8.05. The first-order valence-electron chi connectivity index (χ1n) is 7.76. The summed E-state index contributed by atoms with van der Waals surface area (Å²) < 4.78 is 1.25. The predicted octanol–water partition coefficient (Wildman–Crippen LogP) is 1.000. The number of unbranched alkanes of at least 4 members (excludes halogenated alkanes) is 1. The van der Waals surface area contributed by atoms with Crippen molar-refractivity contribution < 1.29 is 9.59 Å². The molecule has 1 aromatic carbocycles. The minimum Gasteiger partial charge on any atom is -0.368 e. The van der Waals surface area contributed by atoms with E-state index >= 15 is 0 Å². The number of amides is 2. The smallest absolute Gasteiger partial charge is 0.272 e. The molecule has 0 aliphatic rings. The van der Waals surface area contributed by atoms with E-state index in [0.29, 0.717) is 12.1 Å². The highest BCUT2D eigenvalue weighted by atomic mass is 16.2. The second-order valence-electron chi connectivity index (χ2n) is 5.35. The number of aryl methyl sites for hydroxylation is 1. The van der Waals surface area contributed by atoms with Gasteiger partial charge in [-0.2, -0.15) is 5.10 Å². The minimum absolute atomic E-state index is 0.0629. The van der Waals surface area contributed by atoms with Gasteiger partial charge in [0.2, 0.25) is 5.91 Å². The molecule has 24 heavy (non-hydrogen) atoms. The number of carbonyl (C=O) groups excluding carboxylic acids is 2. The van der Waals surface area contributed by atoms with Gasteiger partial charge in [-0.05, 0) is 18.1 Å². The van der Waals surface area contributed by atoms with Crippen LogP contribution in [0.2, 0.25) is 0 Å². The quantitative estimate of drug-likeness (QED) is 0.790. The molecule has 2 rings (SSSR count). The summed E-state index contributed by atoms with van der Waals surface area (Å²) in [4.78, 5) is 35.8. The van der Waals surface area contributed by atoms with E-state index in [2.05, 4.69) is 10.4 Å². The van der Waals surface area contributed by atoms with Crippen molar-refractivity contribution in [1.82, 2.24) is 15.1 Å². The monoisotopic (exact) mass is 328 g/mol. The molecule has 0 saturated heterocycles. The second-order valence-corrected chi connectivity index (χ2v) is 5.35. The lowest BCUT2D eigenvalue weighted by atomic mass is 10.1. The summed E-state index contributed by atoms with van der Waals surface area (Å²) in [6.45, 7) is 2.44. The van der Waals surface area contributed by atoms with Crippen molar-refractivity contribution in [3.8, 4) is 0 Å². The summed E-state index contributed by atoms with van der Waals surface area (Å²) in [7, 11) is 0. The lowest BCUT2D eigenvalue weighted by Crippen LogP contribution is -2.38. The average molecular weight is 328 g/mol. The summed E-state index contributed by atoms with van der Waals surface area (Å²) >= 11 is 0. The molecule has 1 aromatic heterocycles. The Balaban J connectivity index is 2.21. The van der Waals surface area contributed by atoms with Gasteiger partial charge in [0.15, 0.2) is 0 Å². The Labute approximate surface area is 139 Å². The van der Waals surface area contributed by atoms with Gasteiger partial charge in [-0.3, -0.25) is 14.4 Å². The van der Waals surface area contributed by atoms with Crippen LogP contribution in [0, 0.1) is 0 Å². The van der Waals surface area contributed by atoms with Gasteiger partial charge in [-0.25, -0.2) is 4.68 Å². The zero-order valence-electron chi connectivity index (χ0n) is 13.4. The van der Waals surface area contributed by atoms with Crippen LogP contribution in [0.25, 0.3) is 0 Å². The number of aromatic nitrogens is 2. The molecule has 2 amide bonds. The first-order chi connectivity index (χ1) is 11.5. The van der Waals surface area contributed by atoms with Crippen LogP contribution in [-0.4, -0.2) is 21.6 Å². The maximum absolute atomic E-state index is 12.4. The number of rotatable bonds is 7. The molecule has 0 aliphatic heterocycles. The Morgan fingerprint density at radius 2 is 1.92 bits per heavy atom. The number of hydrogen-bond acceptors (Lipinski definition) is 4. The van der Waals surface area contributed by atoms with Crippen LogP contribution >= 0.6 is 0 Å². The third-order valence-corrected chi connectivity index (χ3v) is 3.52. The first-order valence-corrected chi connectivity index (χ1v) is 7.76. The topological polar surface area (TPSA) is 107 Å². The Morgan fingerprint density at radius 3 is 2.54 bits per heavy atom. The highest BCUT2D eigenvalue weighted by molar-refractivity contribution is 5.96. The molecular weight excluding hydrogens is 308 g/mol. The summed E-state index contributed by atoms with van der Waals surface area (Å²) in [6.07, 6.45) is 1.69. The third-order valence-electron chi connectivity index (χ3n) is 3.52. The molecule has 0 bridgehead atoms. The SMILES string of the molecule is CCCCn1nc(C(=O)N[C@H](C(N)=O)c2ccccc2)ccc1=O. The summed E-state index contributed by atoms with van der Waals surface area (Å²) in [6, 6.07) is 10.4. The molecule has 0 radical (unpaired) electrons. The van der Waals surface area contributed by atoms with E-state index in [1.807, 2.05) is 6.92 Å². The van der Waals surface area contributed by atoms with Crippen molar-refractivity contribution >= 4 is 11.8 Å². The maximum atomic E-state index is 12.4. The summed E-state index contributed by atoms with van der Waals surface area (Å²) in [5, 5.41) is 6.62. The maximum Gasteiger partial charge on any atom is 0.272 e. The van der Waals surface area contributed by atoms with E-state index in [9.17, 15) is 14.4 Å². The number of benzene rings is 1. The van der Waals surface area contributed by atoms with Crippen LogP contribution in [0.4, 0.5) is 0 Å². The number of nitrogens with one attached hydrogen (secondary N) is 1. The van der Waals surface area contributed by atoms with Gasteiger partial charge in [0, 0.05) is 12.6 Å². The highest BCUT2D eigenvalue weighted by Gasteiger charge is 2.21. The van der Waals surface area contributed by atoms with Gasteiger partial charge in [0.05, 0.1) is 0 Å². The largest absolute Gasteiger partial charge is 0.368 e. The van der Waals surface area contributed by atoms with Gasteiger partial charge in [-0.1, -0.05) is 43.7 Å². The van der Waals surface area contributed by atoms with Gasteiger partial charge in [-0.15, -0.1) is 0 Å². The van der Waals surface area contributed by atoms with Gasteiger partial charge in [0.1, 0.15) is 11.7 Å². The number of primary amides is 1. The number of nitrogens with two attached hydrogens (primary N) is 1. The van der Waals surface area contributed by atoms with Crippen LogP contribution in [0.15, 0.2) is 47.3 Å².